The molecule has 1 aromatic carbocycles. The Morgan fingerprint density at radius 1 is 1.26 bits per heavy atom. The molecule has 0 amide bonds. The van der Waals surface area contributed by atoms with Crippen LogP contribution < -0.4 is 0 Å². The fraction of sp³-hybridized carbons (Fsp3) is 0.0588. The van der Waals surface area contributed by atoms with E-state index >= 15 is 0 Å². The first-order chi connectivity index (χ1) is 11.0. The first-order valence-corrected chi connectivity index (χ1v) is 7.57. The highest BCUT2D eigenvalue weighted by atomic mass is 35.5. The fourth-order valence-electron chi connectivity index (χ4n) is 2.47. The van der Waals surface area contributed by atoms with Crippen molar-refractivity contribution in [2.75, 3.05) is 0 Å². The van der Waals surface area contributed by atoms with E-state index in [0.717, 1.165) is 17.4 Å². The standard InChI is InChI=1S/C17H12Cl2N2O2/c1-10-3-2-4-15-20-17(12-6-5-11(18)9-13(12)19)14(21(10)15)7-8-16(22)23/h2-9H,1H3,(H,22,23)/b8-7+. The Morgan fingerprint density at radius 2 is 2.04 bits per heavy atom. The number of hydrogen-bond donors (Lipinski definition) is 1. The van der Waals surface area contributed by atoms with E-state index in [2.05, 4.69) is 4.98 Å². The summed E-state index contributed by atoms with van der Waals surface area (Å²) in [6.45, 7) is 1.93. The molecule has 3 aromatic rings. The molecule has 0 saturated carbocycles. The number of carbonyl (C=O) groups is 1. The topological polar surface area (TPSA) is 54.6 Å². The number of imidazole rings is 1. The lowest BCUT2D eigenvalue weighted by molar-refractivity contribution is -0.131. The van der Waals surface area contributed by atoms with Gasteiger partial charge in [-0.15, -0.1) is 0 Å². The monoisotopic (exact) mass is 346 g/mol. The third-order valence-corrected chi connectivity index (χ3v) is 3.99. The van der Waals surface area contributed by atoms with Crippen molar-refractivity contribution < 1.29 is 9.90 Å². The first kappa shape index (κ1) is 15.6. The molecule has 6 heteroatoms. The van der Waals surface area contributed by atoms with Gasteiger partial charge < -0.3 is 5.11 Å². The summed E-state index contributed by atoms with van der Waals surface area (Å²) in [6, 6.07) is 10.8. The lowest BCUT2D eigenvalue weighted by Crippen LogP contribution is -1.94. The molecular formula is C17H12Cl2N2O2. The fourth-order valence-corrected chi connectivity index (χ4v) is 2.96. The number of pyridine rings is 1. The van der Waals surface area contributed by atoms with Crippen molar-refractivity contribution in [3.05, 3.63) is 63.9 Å². The second-order valence-electron chi connectivity index (χ2n) is 5.00. The maximum Gasteiger partial charge on any atom is 0.328 e. The van der Waals surface area contributed by atoms with Gasteiger partial charge in [0.2, 0.25) is 0 Å². The number of benzene rings is 1. The molecule has 0 spiro atoms. The summed E-state index contributed by atoms with van der Waals surface area (Å²) in [5.41, 5.74) is 3.62. The van der Waals surface area contributed by atoms with E-state index in [4.69, 9.17) is 28.3 Å². The van der Waals surface area contributed by atoms with E-state index in [0.29, 0.717) is 27.0 Å². The molecule has 0 atom stereocenters. The Morgan fingerprint density at radius 3 is 2.74 bits per heavy atom. The molecular weight excluding hydrogens is 335 g/mol. The van der Waals surface area contributed by atoms with Crippen molar-refractivity contribution in [2.24, 2.45) is 0 Å². The lowest BCUT2D eigenvalue weighted by atomic mass is 10.1. The maximum atomic E-state index is 10.9. The third kappa shape index (κ3) is 2.96. The highest BCUT2D eigenvalue weighted by Crippen LogP contribution is 2.33. The Hall–Kier alpha value is -2.30. The SMILES string of the molecule is Cc1cccc2nc(-c3ccc(Cl)cc3Cl)c(/C=C/C(=O)O)n12. The van der Waals surface area contributed by atoms with Gasteiger partial charge in [0.1, 0.15) is 5.65 Å². The number of rotatable bonds is 3. The van der Waals surface area contributed by atoms with Crippen LogP contribution in [0, 0.1) is 6.92 Å². The zero-order valence-electron chi connectivity index (χ0n) is 12.1. The predicted molar refractivity (Wildman–Crippen MR) is 92.1 cm³/mol. The van der Waals surface area contributed by atoms with Gasteiger partial charge in [0.25, 0.3) is 0 Å². The van der Waals surface area contributed by atoms with Crippen molar-refractivity contribution in [3.63, 3.8) is 0 Å². The molecule has 3 rings (SSSR count). The minimum Gasteiger partial charge on any atom is -0.478 e. The van der Waals surface area contributed by atoms with Gasteiger partial charge in [0.15, 0.2) is 0 Å². The quantitative estimate of drug-likeness (QED) is 0.698. The smallest absolute Gasteiger partial charge is 0.328 e. The summed E-state index contributed by atoms with van der Waals surface area (Å²) in [5, 5.41) is 9.94. The van der Waals surface area contributed by atoms with Gasteiger partial charge >= 0.3 is 5.97 Å². The molecule has 4 nitrogen and oxygen atoms in total. The second-order valence-corrected chi connectivity index (χ2v) is 5.85. The lowest BCUT2D eigenvalue weighted by Gasteiger charge is -2.05. The molecule has 0 radical (unpaired) electrons. The minimum atomic E-state index is -1.03. The molecule has 23 heavy (non-hydrogen) atoms. The number of halogens is 2. The summed E-state index contributed by atoms with van der Waals surface area (Å²) < 4.78 is 1.89. The van der Waals surface area contributed by atoms with E-state index in [9.17, 15) is 4.79 Å². The molecule has 0 unspecified atom stereocenters. The molecule has 0 bridgehead atoms. The van der Waals surface area contributed by atoms with Crippen molar-refractivity contribution >= 4 is 40.9 Å². The Kier molecular flexibility index (Phi) is 4.11. The highest BCUT2D eigenvalue weighted by Gasteiger charge is 2.16. The average Bonchev–Trinajstić information content (AvgIpc) is 2.85. The van der Waals surface area contributed by atoms with Crippen molar-refractivity contribution in [1.82, 2.24) is 9.38 Å². The summed E-state index contributed by atoms with van der Waals surface area (Å²) in [7, 11) is 0. The number of carboxylic acid groups (broad SMARTS) is 1. The Balaban J connectivity index is 2.33. The number of hydrogen-bond acceptors (Lipinski definition) is 2. The normalized spacial score (nSPS) is 11.4. The van der Waals surface area contributed by atoms with Crippen molar-refractivity contribution in [1.29, 1.82) is 0 Å². The van der Waals surface area contributed by atoms with Crippen LogP contribution in [0.2, 0.25) is 10.0 Å². The van der Waals surface area contributed by atoms with E-state index in [1.54, 1.807) is 18.2 Å². The zero-order valence-corrected chi connectivity index (χ0v) is 13.6. The van der Waals surface area contributed by atoms with Gasteiger partial charge in [0, 0.05) is 22.4 Å². The number of carboxylic acids is 1. The summed E-state index contributed by atoms with van der Waals surface area (Å²) in [6.07, 6.45) is 2.61. The van der Waals surface area contributed by atoms with Gasteiger partial charge in [0.05, 0.1) is 16.4 Å². The van der Waals surface area contributed by atoms with Gasteiger partial charge in [-0.25, -0.2) is 9.78 Å². The van der Waals surface area contributed by atoms with Crippen LogP contribution in [0.25, 0.3) is 23.0 Å². The van der Waals surface area contributed by atoms with Crippen LogP contribution >= 0.6 is 23.2 Å². The number of aromatic nitrogens is 2. The Labute approximate surface area is 142 Å². The van der Waals surface area contributed by atoms with Crippen LogP contribution in [-0.2, 0) is 4.79 Å². The van der Waals surface area contributed by atoms with Gasteiger partial charge in [-0.3, -0.25) is 4.40 Å². The summed E-state index contributed by atoms with van der Waals surface area (Å²) >= 11 is 12.2. The summed E-state index contributed by atoms with van der Waals surface area (Å²) in [4.78, 5) is 15.5. The third-order valence-electron chi connectivity index (χ3n) is 3.44. The summed E-state index contributed by atoms with van der Waals surface area (Å²) in [5.74, 6) is -1.03. The van der Waals surface area contributed by atoms with Crippen LogP contribution in [-0.4, -0.2) is 20.5 Å². The molecule has 116 valence electrons. The van der Waals surface area contributed by atoms with Crippen molar-refractivity contribution in [2.45, 2.75) is 6.92 Å². The van der Waals surface area contributed by atoms with Crippen LogP contribution in [0.4, 0.5) is 0 Å². The highest BCUT2D eigenvalue weighted by molar-refractivity contribution is 6.36. The van der Waals surface area contributed by atoms with E-state index in [1.165, 1.54) is 6.08 Å². The molecule has 0 aliphatic carbocycles. The van der Waals surface area contributed by atoms with Crippen LogP contribution in [0.3, 0.4) is 0 Å². The van der Waals surface area contributed by atoms with Crippen LogP contribution in [0.15, 0.2) is 42.5 Å². The molecule has 0 fully saturated rings. The van der Waals surface area contributed by atoms with Gasteiger partial charge in [-0.05, 0) is 43.3 Å². The average molecular weight is 347 g/mol. The van der Waals surface area contributed by atoms with E-state index in [1.807, 2.05) is 29.5 Å². The van der Waals surface area contributed by atoms with E-state index < -0.39 is 5.97 Å². The molecule has 1 N–H and O–H groups in total. The molecule has 2 aromatic heterocycles. The largest absolute Gasteiger partial charge is 0.478 e. The minimum absolute atomic E-state index is 0.462. The number of aryl methyl sites for hydroxylation is 1. The number of nitrogens with zero attached hydrogens (tertiary/aromatic N) is 2. The number of aliphatic carboxylic acids is 1. The van der Waals surface area contributed by atoms with Crippen LogP contribution in [0.5, 0.6) is 0 Å². The Bertz CT molecular complexity index is 945. The molecule has 0 saturated heterocycles. The first-order valence-electron chi connectivity index (χ1n) is 6.82. The maximum absolute atomic E-state index is 10.9. The molecule has 0 aliphatic heterocycles. The predicted octanol–water partition coefficient (Wildman–Crippen LogP) is 4.71. The zero-order chi connectivity index (χ0) is 16.6. The molecule has 2 heterocycles. The number of fused-ring (bicyclic) bond motifs is 1. The second kappa shape index (κ2) is 6.07. The molecule has 0 aliphatic rings. The van der Waals surface area contributed by atoms with Crippen molar-refractivity contribution in [3.8, 4) is 11.3 Å². The van der Waals surface area contributed by atoms with Gasteiger partial charge in [-0.1, -0.05) is 29.3 Å². The van der Waals surface area contributed by atoms with E-state index in [-0.39, 0.29) is 0 Å². The van der Waals surface area contributed by atoms with Crippen LogP contribution in [0.1, 0.15) is 11.4 Å². The van der Waals surface area contributed by atoms with Gasteiger partial charge in [-0.2, -0.15) is 0 Å².